The molecule has 2 unspecified atom stereocenters. The normalized spacial score (nSPS) is 28.3. The lowest BCUT2D eigenvalue weighted by molar-refractivity contribution is -0.0192. The van der Waals surface area contributed by atoms with Gasteiger partial charge in [0.2, 0.25) is 0 Å². The maximum absolute atomic E-state index is 5.80. The van der Waals surface area contributed by atoms with Crippen LogP contribution in [0.5, 0.6) is 0 Å². The Balaban J connectivity index is 2.23. The van der Waals surface area contributed by atoms with Gasteiger partial charge >= 0.3 is 0 Å². The second-order valence-corrected chi connectivity index (χ2v) is 6.02. The van der Waals surface area contributed by atoms with Gasteiger partial charge in [-0.15, -0.1) is 0 Å². The highest BCUT2D eigenvalue weighted by molar-refractivity contribution is 4.78. The SMILES string of the molecule is CC1CCN(CCOC(C)(C)C)CC1CN. The van der Waals surface area contributed by atoms with Crippen molar-refractivity contribution >= 4 is 0 Å². The fourth-order valence-electron chi connectivity index (χ4n) is 2.22. The van der Waals surface area contributed by atoms with Gasteiger partial charge in [0.1, 0.15) is 0 Å². The van der Waals surface area contributed by atoms with Crippen LogP contribution in [0.3, 0.4) is 0 Å². The molecule has 1 fully saturated rings. The van der Waals surface area contributed by atoms with E-state index in [1.54, 1.807) is 0 Å². The largest absolute Gasteiger partial charge is 0.375 e. The van der Waals surface area contributed by atoms with Crippen LogP contribution in [0, 0.1) is 11.8 Å². The molecule has 1 rings (SSSR count). The van der Waals surface area contributed by atoms with Crippen LogP contribution in [0.4, 0.5) is 0 Å². The van der Waals surface area contributed by atoms with Crippen LogP contribution in [0.25, 0.3) is 0 Å². The predicted molar refractivity (Wildman–Crippen MR) is 68.5 cm³/mol. The van der Waals surface area contributed by atoms with Gasteiger partial charge in [0.05, 0.1) is 12.2 Å². The molecule has 1 heterocycles. The molecule has 0 aromatic rings. The van der Waals surface area contributed by atoms with Gasteiger partial charge in [-0.25, -0.2) is 0 Å². The van der Waals surface area contributed by atoms with Gasteiger partial charge in [0.25, 0.3) is 0 Å². The van der Waals surface area contributed by atoms with E-state index in [2.05, 4.69) is 32.6 Å². The monoisotopic (exact) mass is 228 g/mol. The molecule has 3 heteroatoms. The lowest BCUT2D eigenvalue weighted by Crippen LogP contribution is -2.44. The molecule has 1 aliphatic rings. The van der Waals surface area contributed by atoms with Crippen LogP contribution in [-0.4, -0.2) is 43.3 Å². The predicted octanol–water partition coefficient (Wildman–Crippen LogP) is 1.72. The van der Waals surface area contributed by atoms with Crippen molar-refractivity contribution in [2.75, 3.05) is 32.8 Å². The van der Waals surface area contributed by atoms with Gasteiger partial charge in [-0.1, -0.05) is 6.92 Å². The molecule has 96 valence electrons. The van der Waals surface area contributed by atoms with E-state index >= 15 is 0 Å². The average molecular weight is 228 g/mol. The van der Waals surface area contributed by atoms with Gasteiger partial charge < -0.3 is 15.4 Å². The Morgan fingerprint density at radius 3 is 2.62 bits per heavy atom. The molecule has 0 bridgehead atoms. The van der Waals surface area contributed by atoms with E-state index in [0.717, 1.165) is 32.2 Å². The summed E-state index contributed by atoms with van der Waals surface area (Å²) >= 11 is 0. The number of rotatable bonds is 4. The Bertz CT molecular complexity index is 201. The first-order valence-electron chi connectivity index (χ1n) is 6.49. The smallest absolute Gasteiger partial charge is 0.0600 e. The summed E-state index contributed by atoms with van der Waals surface area (Å²) in [5.74, 6) is 1.45. The van der Waals surface area contributed by atoms with Crippen molar-refractivity contribution in [1.82, 2.24) is 4.90 Å². The maximum Gasteiger partial charge on any atom is 0.0600 e. The first-order chi connectivity index (χ1) is 7.42. The van der Waals surface area contributed by atoms with E-state index in [0.29, 0.717) is 5.92 Å². The number of piperidine rings is 1. The van der Waals surface area contributed by atoms with Crippen LogP contribution in [-0.2, 0) is 4.74 Å². The lowest BCUT2D eigenvalue weighted by Gasteiger charge is -2.36. The first-order valence-corrected chi connectivity index (χ1v) is 6.49. The van der Waals surface area contributed by atoms with E-state index in [1.165, 1.54) is 13.0 Å². The minimum atomic E-state index is -0.0175. The highest BCUT2D eigenvalue weighted by Gasteiger charge is 2.24. The number of likely N-dealkylation sites (tertiary alicyclic amines) is 1. The summed E-state index contributed by atoms with van der Waals surface area (Å²) in [4.78, 5) is 2.49. The molecule has 0 aromatic carbocycles. The number of hydrogen-bond acceptors (Lipinski definition) is 3. The van der Waals surface area contributed by atoms with Gasteiger partial charge in [0.15, 0.2) is 0 Å². The fraction of sp³-hybridized carbons (Fsp3) is 1.00. The lowest BCUT2D eigenvalue weighted by atomic mass is 9.87. The molecular weight excluding hydrogens is 200 g/mol. The molecule has 3 nitrogen and oxygen atoms in total. The van der Waals surface area contributed by atoms with Gasteiger partial charge in [-0.3, -0.25) is 0 Å². The Kier molecular flexibility index (Phi) is 5.22. The highest BCUT2D eigenvalue weighted by Crippen LogP contribution is 2.22. The van der Waals surface area contributed by atoms with Crippen molar-refractivity contribution in [2.24, 2.45) is 17.6 Å². The molecule has 2 atom stereocenters. The van der Waals surface area contributed by atoms with Crippen molar-refractivity contribution in [2.45, 2.75) is 39.7 Å². The number of ether oxygens (including phenoxy) is 1. The van der Waals surface area contributed by atoms with Crippen LogP contribution in [0.15, 0.2) is 0 Å². The molecule has 0 aromatic heterocycles. The third-order valence-corrected chi connectivity index (χ3v) is 3.44. The zero-order valence-electron chi connectivity index (χ0n) is 11.3. The molecule has 16 heavy (non-hydrogen) atoms. The van der Waals surface area contributed by atoms with Gasteiger partial charge in [-0.2, -0.15) is 0 Å². The van der Waals surface area contributed by atoms with Crippen molar-refractivity contribution in [3.05, 3.63) is 0 Å². The first kappa shape index (κ1) is 13.9. The molecule has 0 radical (unpaired) electrons. The highest BCUT2D eigenvalue weighted by atomic mass is 16.5. The van der Waals surface area contributed by atoms with Crippen molar-refractivity contribution in [3.63, 3.8) is 0 Å². The van der Waals surface area contributed by atoms with E-state index in [1.807, 2.05) is 0 Å². The number of hydrogen-bond donors (Lipinski definition) is 1. The quantitative estimate of drug-likeness (QED) is 0.796. The Hall–Kier alpha value is -0.120. The molecule has 2 N–H and O–H groups in total. The second-order valence-electron chi connectivity index (χ2n) is 6.02. The Morgan fingerprint density at radius 2 is 2.06 bits per heavy atom. The summed E-state index contributed by atoms with van der Waals surface area (Å²) in [5, 5.41) is 0. The molecule has 0 spiro atoms. The fourth-order valence-corrected chi connectivity index (χ4v) is 2.22. The summed E-state index contributed by atoms with van der Waals surface area (Å²) in [6.07, 6.45) is 1.28. The summed E-state index contributed by atoms with van der Waals surface area (Å²) in [6, 6.07) is 0. The third kappa shape index (κ3) is 4.81. The van der Waals surface area contributed by atoms with Crippen LogP contribution in [0.2, 0.25) is 0 Å². The van der Waals surface area contributed by atoms with E-state index in [-0.39, 0.29) is 5.60 Å². The molecule has 1 saturated heterocycles. The zero-order valence-corrected chi connectivity index (χ0v) is 11.3. The minimum Gasteiger partial charge on any atom is -0.375 e. The second kappa shape index (κ2) is 5.99. The number of nitrogens with two attached hydrogens (primary N) is 1. The van der Waals surface area contributed by atoms with Gasteiger partial charge in [0, 0.05) is 13.1 Å². The van der Waals surface area contributed by atoms with E-state index in [9.17, 15) is 0 Å². The molecule has 0 aliphatic carbocycles. The van der Waals surface area contributed by atoms with Crippen LogP contribution >= 0.6 is 0 Å². The topological polar surface area (TPSA) is 38.5 Å². The maximum atomic E-state index is 5.80. The summed E-state index contributed by atoms with van der Waals surface area (Å²) in [6.45, 7) is 13.7. The minimum absolute atomic E-state index is 0.0175. The molecular formula is C13H28N2O. The van der Waals surface area contributed by atoms with E-state index < -0.39 is 0 Å². The van der Waals surface area contributed by atoms with Crippen molar-refractivity contribution in [3.8, 4) is 0 Å². The Labute approximate surface area is 100 Å². The molecule has 0 saturated carbocycles. The Morgan fingerprint density at radius 1 is 1.38 bits per heavy atom. The zero-order chi connectivity index (χ0) is 12.2. The summed E-state index contributed by atoms with van der Waals surface area (Å²) in [5.41, 5.74) is 5.78. The average Bonchev–Trinajstić information content (AvgIpc) is 2.18. The number of nitrogens with zero attached hydrogens (tertiary/aromatic N) is 1. The molecule has 1 aliphatic heterocycles. The molecule has 0 amide bonds. The summed E-state index contributed by atoms with van der Waals surface area (Å²) in [7, 11) is 0. The van der Waals surface area contributed by atoms with Crippen molar-refractivity contribution < 1.29 is 4.74 Å². The summed E-state index contributed by atoms with van der Waals surface area (Å²) < 4.78 is 5.75. The van der Waals surface area contributed by atoms with Crippen LogP contribution in [0.1, 0.15) is 34.1 Å². The van der Waals surface area contributed by atoms with E-state index in [4.69, 9.17) is 10.5 Å². The third-order valence-electron chi connectivity index (χ3n) is 3.44. The van der Waals surface area contributed by atoms with Crippen LogP contribution < -0.4 is 5.73 Å². The van der Waals surface area contributed by atoms with Gasteiger partial charge in [-0.05, 0) is 52.1 Å². The van der Waals surface area contributed by atoms with Crippen molar-refractivity contribution in [1.29, 1.82) is 0 Å². The standard InChI is InChI=1S/C13H28N2O/c1-11-5-6-15(10-12(11)9-14)7-8-16-13(2,3)4/h11-12H,5-10,14H2,1-4H3.